The lowest BCUT2D eigenvalue weighted by Crippen LogP contribution is -2.37. The van der Waals surface area contributed by atoms with Crippen LogP contribution in [0.1, 0.15) is 29.8 Å². The number of aromatic carboxylic acids is 1. The number of hydrogen-bond donors (Lipinski definition) is 1. The minimum absolute atomic E-state index is 0.0531. The van der Waals surface area contributed by atoms with Gasteiger partial charge in [0.1, 0.15) is 0 Å². The summed E-state index contributed by atoms with van der Waals surface area (Å²) in [6, 6.07) is 7.99. The van der Waals surface area contributed by atoms with E-state index in [9.17, 15) is 26.4 Å². The molecule has 0 saturated heterocycles. The molecular weight excluding hydrogens is 371 g/mol. The second-order valence-corrected chi connectivity index (χ2v) is 7.59. The van der Waals surface area contributed by atoms with Gasteiger partial charge in [-0.1, -0.05) is 12.1 Å². The molecule has 9 heteroatoms. The zero-order valence-electron chi connectivity index (χ0n) is 13.9. The molecule has 0 saturated carbocycles. The largest absolute Gasteiger partial charge is 0.478 e. The molecule has 2 aromatic rings. The minimum atomic E-state index is -4.68. The van der Waals surface area contributed by atoms with Gasteiger partial charge >= 0.3 is 12.1 Å². The van der Waals surface area contributed by atoms with Crippen molar-refractivity contribution in [1.82, 2.24) is 0 Å². The summed E-state index contributed by atoms with van der Waals surface area (Å²) < 4.78 is 65.5. The standard InChI is InChI=1S/C17H16F3NO4S/c1-11(2)21(14-7-3-5-12(9-14)16(22)23)26(24,25)15-8-4-6-13(10-15)17(18,19)20/h3-11H,1-2H3,(H,22,23). The number of nitrogens with zero attached hydrogens (tertiary/aromatic N) is 1. The zero-order chi connectivity index (χ0) is 19.7. The highest BCUT2D eigenvalue weighted by Gasteiger charge is 2.34. The molecule has 0 amide bonds. The SMILES string of the molecule is CC(C)N(c1cccc(C(=O)O)c1)S(=O)(=O)c1cccc(C(F)(F)F)c1. The van der Waals surface area contributed by atoms with Crippen molar-refractivity contribution in [2.24, 2.45) is 0 Å². The highest BCUT2D eigenvalue weighted by atomic mass is 32.2. The van der Waals surface area contributed by atoms with Crippen molar-refractivity contribution < 1.29 is 31.5 Å². The van der Waals surface area contributed by atoms with Crippen molar-refractivity contribution in [3.05, 3.63) is 59.7 Å². The summed E-state index contributed by atoms with van der Waals surface area (Å²) in [5, 5.41) is 9.08. The molecule has 0 spiro atoms. The Morgan fingerprint density at radius 3 is 2.23 bits per heavy atom. The summed E-state index contributed by atoms with van der Waals surface area (Å²) in [5.41, 5.74) is -1.16. The van der Waals surface area contributed by atoms with E-state index < -0.39 is 38.7 Å². The molecule has 0 heterocycles. The van der Waals surface area contributed by atoms with Gasteiger partial charge in [-0.25, -0.2) is 13.2 Å². The number of benzene rings is 2. The van der Waals surface area contributed by atoms with Crippen LogP contribution in [-0.2, 0) is 16.2 Å². The highest BCUT2D eigenvalue weighted by Crippen LogP contribution is 2.33. The molecule has 140 valence electrons. The van der Waals surface area contributed by atoms with Crippen LogP contribution in [0.2, 0.25) is 0 Å². The lowest BCUT2D eigenvalue weighted by Gasteiger charge is -2.28. The van der Waals surface area contributed by atoms with Crippen LogP contribution in [0.5, 0.6) is 0 Å². The third-order valence-corrected chi connectivity index (χ3v) is 5.53. The fourth-order valence-corrected chi connectivity index (χ4v) is 4.14. The first-order valence-electron chi connectivity index (χ1n) is 7.49. The molecule has 2 aromatic carbocycles. The number of carbonyl (C=O) groups is 1. The van der Waals surface area contributed by atoms with E-state index in [2.05, 4.69) is 0 Å². The van der Waals surface area contributed by atoms with E-state index in [1.807, 2.05) is 0 Å². The van der Waals surface area contributed by atoms with E-state index in [1.165, 1.54) is 18.2 Å². The Morgan fingerprint density at radius 1 is 1.08 bits per heavy atom. The average molecular weight is 387 g/mol. The summed E-state index contributed by atoms with van der Waals surface area (Å²) in [6.45, 7) is 3.08. The lowest BCUT2D eigenvalue weighted by atomic mass is 10.2. The smallest absolute Gasteiger partial charge is 0.416 e. The van der Waals surface area contributed by atoms with Crippen molar-refractivity contribution in [2.75, 3.05) is 4.31 Å². The molecule has 0 bridgehead atoms. The summed E-state index contributed by atoms with van der Waals surface area (Å²) in [7, 11) is -4.34. The third kappa shape index (κ3) is 3.98. The van der Waals surface area contributed by atoms with Gasteiger partial charge in [0.15, 0.2) is 0 Å². The van der Waals surface area contributed by atoms with Gasteiger partial charge in [-0.3, -0.25) is 4.31 Å². The van der Waals surface area contributed by atoms with E-state index in [1.54, 1.807) is 13.8 Å². The Kier molecular flexibility index (Phi) is 5.31. The molecule has 0 aromatic heterocycles. The number of alkyl halides is 3. The van der Waals surface area contributed by atoms with Crippen LogP contribution < -0.4 is 4.31 Å². The van der Waals surface area contributed by atoms with Gasteiger partial charge in [-0.05, 0) is 50.2 Å². The Labute approximate surface area is 148 Å². The molecule has 0 radical (unpaired) electrons. The summed E-state index contributed by atoms with van der Waals surface area (Å²) in [4.78, 5) is 10.6. The summed E-state index contributed by atoms with van der Waals surface area (Å²) >= 11 is 0. The Morgan fingerprint density at radius 2 is 1.69 bits per heavy atom. The maximum Gasteiger partial charge on any atom is 0.416 e. The van der Waals surface area contributed by atoms with Crippen LogP contribution in [0, 0.1) is 0 Å². The quantitative estimate of drug-likeness (QED) is 0.841. The van der Waals surface area contributed by atoms with Crippen LogP contribution in [0.15, 0.2) is 53.4 Å². The van der Waals surface area contributed by atoms with Gasteiger partial charge in [0.2, 0.25) is 0 Å². The maximum absolute atomic E-state index is 12.9. The predicted octanol–water partition coefficient (Wildman–Crippen LogP) is 4.01. The number of hydrogen-bond acceptors (Lipinski definition) is 3. The number of anilines is 1. The fourth-order valence-electron chi connectivity index (χ4n) is 2.44. The molecule has 2 rings (SSSR count). The molecular formula is C17H16F3NO4S. The number of carboxylic acids is 1. The molecule has 5 nitrogen and oxygen atoms in total. The number of rotatable bonds is 5. The molecule has 0 atom stereocenters. The van der Waals surface area contributed by atoms with E-state index in [0.29, 0.717) is 6.07 Å². The minimum Gasteiger partial charge on any atom is -0.478 e. The second kappa shape index (κ2) is 6.99. The topological polar surface area (TPSA) is 74.7 Å². The van der Waals surface area contributed by atoms with E-state index in [4.69, 9.17) is 5.11 Å². The van der Waals surface area contributed by atoms with Gasteiger partial charge < -0.3 is 5.11 Å². The van der Waals surface area contributed by atoms with Gasteiger partial charge in [0.25, 0.3) is 10.0 Å². The Balaban J connectivity index is 2.60. The normalized spacial score (nSPS) is 12.2. The van der Waals surface area contributed by atoms with Crippen molar-refractivity contribution in [1.29, 1.82) is 0 Å². The molecule has 0 aliphatic carbocycles. The average Bonchev–Trinajstić information content (AvgIpc) is 2.54. The van der Waals surface area contributed by atoms with Crippen LogP contribution in [-0.4, -0.2) is 25.5 Å². The zero-order valence-corrected chi connectivity index (χ0v) is 14.7. The van der Waals surface area contributed by atoms with Crippen molar-refractivity contribution in [2.45, 2.75) is 31.0 Å². The van der Waals surface area contributed by atoms with Crippen LogP contribution in [0.25, 0.3) is 0 Å². The Hall–Kier alpha value is -2.55. The van der Waals surface area contributed by atoms with Crippen molar-refractivity contribution in [3.63, 3.8) is 0 Å². The van der Waals surface area contributed by atoms with E-state index >= 15 is 0 Å². The van der Waals surface area contributed by atoms with E-state index in [0.717, 1.165) is 28.6 Å². The highest BCUT2D eigenvalue weighted by molar-refractivity contribution is 7.92. The molecule has 26 heavy (non-hydrogen) atoms. The monoisotopic (exact) mass is 387 g/mol. The van der Waals surface area contributed by atoms with E-state index in [-0.39, 0.29) is 11.3 Å². The maximum atomic E-state index is 12.9. The van der Waals surface area contributed by atoms with Crippen LogP contribution in [0.3, 0.4) is 0 Å². The first kappa shape index (κ1) is 19.8. The summed E-state index contributed by atoms with van der Waals surface area (Å²) in [5.74, 6) is -1.24. The Bertz CT molecular complexity index is 924. The molecule has 1 N–H and O–H groups in total. The van der Waals surface area contributed by atoms with Crippen molar-refractivity contribution in [3.8, 4) is 0 Å². The molecule has 0 unspecified atom stereocenters. The first-order chi connectivity index (χ1) is 11.9. The fraction of sp³-hybridized carbons (Fsp3) is 0.235. The van der Waals surface area contributed by atoms with Gasteiger partial charge in [-0.15, -0.1) is 0 Å². The molecule has 0 aliphatic rings. The van der Waals surface area contributed by atoms with Crippen LogP contribution >= 0.6 is 0 Å². The third-order valence-electron chi connectivity index (χ3n) is 3.53. The lowest BCUT2D eigenvalue weighted by molar-refractivity contribution is -0.137. The van der Waals surface area contributed by atoms with Gasteiger partial charge in [-0.2, -0.15) is 13.2 Å². The van der Waals surface area contributed by atoms with Gasteiger partial charge in [0.05, 0.1) is 21.7 Å². The van der Waals surface area contributed by atoms with Crippen molar-refractivity contribution >= 4 is 21.7 Å². The predicted molar refractivity (Wildman–Crippen MR) is 89.6 cm³/mol. The molecule has 0 aliphatic heterocycles. The van der Waals surface area contributed by atoms with Crippen LogP contribution in [0.4, 0.5) is 18.9 Å². The first-order valence-corrected chi connectivity index (χ1v) is 8.93. The second-order valence-electron chi connectivity index (χ2n) is 5.78. The van der Waals surface area contributed by atoms with Gasteiger partial charge in [0, 0.05) is 6.04 Å². The number of sulfonamides is 1. The summed E-state index contributed by atoms with van der Waals surface area (Å²) in [6.07, 6.45) is -4.68. The number of halogens is 3. The number of carboxylic acid groups (broad SMARTS) is 1. The molecule has 0 fully saturated rings.